The Morgan fingerprint density at radius 3 is 2.33 bits per heavy atom. The van der Waals surface area contributed by atoms with Crippen LogP contribution in [0.25, 0.3) is 0 Å². The van der Waals surface area contributed by atoms with Crippen LogP contribution < -0.4 is 0 Å². The first-order valence-electron chi connectivity index (χ1n) is 6.25. The molecule has 0 atom stereocenters. The average Bonchev–Trinajstić information content (AvgIpc) is 2.23. The molecule has 0 N–H and O–H groups in total. The predicted octanol–water partition coefficient (Wildman–Crippen LogP) is 3.42. The maximum absolute atomic E-state index is 11.5. The van der Waals surface area contributed by atoms with Crippen molar-refractivity contribution in [1.29, 1.82) is 0 Å². The zero-order valence-corrected chi connectivity index (χ0v) is 10.4. The van der Waals surface area contributed by atoms with Gasteiger partial charge in [-0.15, -0.1) is 0 Å². The minimum Gasteiger partial charge on any atom is -0.346 e. The Bertz CT molecular complexity index is 157. The fourth-order valence-electron chi connectivity index (χ4n) is 1.63. The highest BCUT2D eigenvalue weighted by Crippen LogP contribution is 2.07. The molecule has 0 spiro atoms. The van der Waals surface area contributed by atoms with Crippen LogP contribution in [0.2, 0.25) is 0 Å². The molecular weight excluding hydrogens is 186 g/mol. The second kappa shape index (κ2) is 10.0. The van der Waals surface area contributed by atoms with E-state index in [0.717, 1.165) is 32.2 Å². The van der Waals surface area contributed by atoms with Crippen molar-refractivity contribution in [2.24, 2.45) is 0 Å². The van der Waals surface area contributed by atoms with Crippen molar-refractivity contribution in [2.45, 2.75) is 58.3 Å². The van der Waals surface area contributed by atoms with Gasteiger partial charge in [0.25, 0.3) is 0 Å². The van der Waals surface area contributed by atoms with Gasteiger partial charge in [0, 0.05) is 20.0 Å². The van der Waals surface area contributed by atoms with Gasteiger partial charge >= 0.3 is 0 Å². The van der Waals surface area contributed by atoms with E-state index in [-0.39, 0.29) is 0 Å². The standard InChI is InChI=1S/C13H26NO/c1-4-6-7-8-9-10-11-13(15)14(3)12-5-2/h1,4-12H2,2-3H3. The van der Waals surface area contributed by atoms with Crippen molar-refractivity contribution in [3.8, 4) is 0 Å². The highest BCUT2D eigenvalue weighted by atomic mass is 16.2. The van der Waals surface area contributed by atoms with Gasteiger partial charge < -0.3 is 4.90 Å². The normalized spacial score (nSPS) is 10.3. The highest BCUT2D eigenvalue weighted by molar-refractivity contribution is 5.75. The Hall–Kier alpha value is -0.530. The van der Waals surface area contributed by atoms with Crippen LogP contribution in [0.3, 0.4) is 0 Å². The number of rotatable bonds is 9. The molecule has 0 aromatic rings. The molecule has 0 bridgehead atoms. The minimum absolute atomic E-state index is 0.300. The van der Waals surface area contributed by atoms with Crippen LogP contribution in [0.4, 0.5) is 0 Å². The second-order valence-corrected chi connectivity index (χ2v) is 4.19. The van der Waals surface area contributed by atoms with Crippen molar-refractivity contribution >= 4 is 5.91 Å². The van der Waals surface area contributed by atoms with Crippen LogP contribution in [0.5, 0.6) is 0 Å². The van der Waals surface area contributed by atoms with Gasteiger partial charge in [0.1, 0.15) is 0 Å². The van der Waals surface area contributed by atoms with E-state index in [1.807, 2.05) is 11.9 Å². The van der Waals surface area contributed by atoms with Gasteiger partial charge in [-0.25, -0.2) is 0 Å². The van der Waals surface area contributed by atoms with E-state index in [2.05, 4.69) is 13.8 Å². The summed E-state index contributed by atoms with van der Waals surface area (Å²) in [5.41, 5.74) is 0. The van der Waals surface area contributed by atoms with E-state index in [9.17, 15) is 4.79 Å². The van der Waals surface area contributed by atoms with E-state index < -0.39 is 0 Å². The molecule has 0 rings (SSSR count). The number of hydrogen-bond acceptors (Lipinski definition) is 1. The number of carbonyl (C=O) groups is 1. The van der Waals surface area contributed by atoms with Crippen LogP contribution in [0.1, 0.15) is 58.3 Å². The van der Waals surface area contributed by atoms with Crippen LogP contribution in [0, 0.1) is 6.92 Å². The smallest absolute Gasteiger partial charge is 0.222 e. The monoisotopic (exact) mass is 212 g/mol. The van der Waals surface area contributed by atoms with Crippen molar-refractivity contribution in [2.75, 3.05) is 13.6 Å². The minimum atomic E-state index is 0.300. The van der Waals surface area contributed by atoms with Gasteiger partial charge in [-0.1, -0.05) is 46.0 Å². The zero-order valence-electron chi connectivity index (χ0n) is 10.4. The van der Waals surface area contributed by atoms with Crippen LogP contribution >= 0.6 is 0 Å². The summed E-state index contributed by atoms with van der Waals surface area (Å²) < 4.78 is 0. The van der Waals surface area contributed by atoms with Crippen molar-refractivity contribution in [1.82, 2.24) is 4.90 Å². The Morgan fingerprint density at radius 2 is 1.73 bits per heavy atom. The average molecular weight is 212 g/mol. The third-order valence-electron chi connectivity index (χ3n) is 2.63. The molecule has 0 fully saturated rings. The molecule has 89 valence electrons. The number of amides is 1. The van der Waals surface area contributed by atoms with Crippen LogP contribution in [-0.4, -0.2) is 24.4 Å². The van der Waals surface area contributed by atoms with Crippen molar-refractivity contribution < 1.29 is 4.79 Å². The van der Waals surface area contributed by atoms with E-state index in [4.69, 9.17) is 0 Å². The lowest BCUT2D eigenvalue weighted by Gasteiger charge is -2.15. The summed E-state index contributed by atoms with van der Waals surface area (Å²) in [7, 11) is 1.90. The third kappa shape index (κ3) is 8.46. The van der Waals surface area contributed by atoms with Crippen molar-refractivity contribution in [3.63, 3.8) is 0 Å². The molecule has 2 nitrogen and oxygen atoms in total. The summed E-state index contributed by atoms with van der Waals surface area (Å²) in [6, 6.07) is 0. The molecule has 2 heteroatoms. The number of hydrogen-bond donors (Lipinski definition) is 0. The highest BCUT2D eigenvalue weighted by Gasteiger charge is 2.06. The Morgan fingerprint density at radius 1 is 1.13 bits per heavy atom. The summed E-state index contributed by atoms with van der Waals surface area (Å²) in [6.45, 7) is 6.80. The molecule has 0 saturated heterocycles. The molecular formula is C13H26NO. The SMILES string of the molecule is [CH2]CCCCCCCC(=O)N(C)CCC. The molecule has 15 heavy (non-hydrogen) atoms. The van der Waals surface area contributed by atoms with Gasteiger partial charge in [0.15, 0.2) is 0 Å². The van der Waals surface area contributed by atoms with Gasteiger partial charge in [-0.2, -0.15) is 0 Å². The molecule has 0 unspecified atom stereocenters. The van der Waals surface area contributed by atoms with E-state index in [1.165, 1.54) is 25.7 Å². The van der Waals surface area contributed by atoms with E-state index >= 15 is 0 Å². The topological polar surface area (TPSA) is 20.3 Å². The van der Waals surface area contributed by atoms with Gasteiger partial charge in [-0.3, -0.25) is 4.79 Å². The molecule has 0 heterocycles. The maximum Gasteiger partial charge on any atom is 0.222 e. The van der Waals surface area contributed by atoms with E-state index in [1.54, 1.807) is 0 Å². The van der Waals surface area contributed by atoms with Crippen LogP contribution in [-0.2, 0) is 4.79 Å². The number of carbonyl (C=O) groups excluding carboxylic acids is 1. The summed E-state index contributed by atoms with van der Waals surface area (Å²) >= 11 is 0. The lowest BCUT2D eigenvalue weighted by atomic mass is 10.1. The lowest BCUT2D eigenvalue weighted by Crippen LogP contribution is -2.26. The first-order chi connectivity index (χ1) is 7.22. The summed E-state index contributed by atoms with van der Waals surface area (Å²) in [6.07, 6.45) is 8.78. The summed E-state index contributed by atoms with van der Waals surface area (Å²) in [5.74, 6) is 0.300. The van der Waals surface area contributed by atoms with Gasteiger partial charge in [0.2, 0.25) is 5.91 Å². The Kier molecular flexibility index (Phi) is 9.65. The molecule has 0 saturated carbocycles. The molecule has 0 aliphatic carbocycles. The van der Waals surface area contributed by atoms with Gasteiger partial charge in [-0.05, 0) is 12.8 Å². The molecule has 0 aliphatic heterocycles. The molecule has 1 radical (unpaired) electrons. The van der Waals surface area contributed by atoms with E-state index in [0.29, 0.717) is 5.91 Å². The maximum atomic E-state index is 11.5. The second-order valence-electron chi connectivity index (χ2n) is 4.19. The van der Waals surface area contributed by atoms with Crippen LogP contribution in [0.15, 0.2) is 0 Å². The van der Waals surface area contributed by atoms with Gasteiger partial charge in [0.05, 0.1) is 0 Å². The first-order valence-corrected chi connectivity index (χ1v) is 6.25. The zero-order chi connectivity index (χ0) is 11.5. The number of nitrogens with zero attached hydrogens (tertiary/aromatic N) is 1. The summed E-state index contributed by atoms with van der Waals surface area (Å²) in [5, 5.41) is 0. The summed E-state index contributed by atoms with van der Waals surface area (Å²) in [4.78, 5) is 13.4. The quantitative estimate of drug-likeness (QED) is 0.536. The fraction of sp³-hybridized carbons (Fsp3) is 0.846. The Balaban J connectivity index is 3.30. The largest absolute Gasteiger partial charge is 0.346 e. The lowest BCUT2D eigenvalue weighted by molar-refractivity contribution is -0.130. The fourth-order valence-corrected chi connectivity index (χ4v) is 1.63. The Labute approximate surface area is 95.0 Å². The first kappa shape index (κ1) is 14.5. The third-order valence-corrected chi connectivity index (χ3v) is 2.63. The molecule has 0 aliphatic rings. The molecule has 0 aromatic heterocycles. The van der Waals surface area contributed by atoms with Crippen molar-refractivity contribution in [3.05, 3.63) is 6.92 Å². The molecule has 0 aromatic carbocycles. The predicted molar refractivity (Wildman–Crippen MR) is 65.6 cm³/mol. The number of unbranched alkanes of at least 4 members (excludes halogenated alkanes) is 5. The molecule has 1 amide bonds.